The number of fused-ring (bicyclic) bond motifs is 1. The zero-order valence-corrected chi connectivity index (χ0v) is 16.1. The van der Waals surface area contributed by atoms with Gasteiger partial charge in [-0.3, -0.25) is 4.79 Å². The Kier molecular flexibility index (Phi) is 5.86. The van der Waals surface area contributed by atoms with Gasteiger partial charge in [0.15, 0.2) is 11.5 Å². The van der Waals surface area contributed by atoms with E-state index in [9.17, 15) is 4.79 Å². The van der Waals surface area contributed by atoms with E-state index >= 15 is 0 Å². The van der Waals surface area contributed by atoms with Crippen molar-refractivity contribution in [3.8, 4) is 11.5 Å². The van der Waals surface area contributed by atoms with Gasteiger partial charge >= 0.3 is 0 Å². The lowest BCUT2D eigenvalue weighted by Crippen LogP contribution is -2.46. The molecule has 1 aromatic heterocycles. The summed E-state index contributed by atoms with van der Waals surface area (Å²) in [5, 5.41) is 3.14. The number of hydrogen-bond donors (Lipinski definition) is 1. The minimum Gasteiger partial charge on any atom is -0.467 e. The maximum atomic E-state index is 13.2. The second-order valence-electron chi connectivity index (χ2n) is 7.45. The van der Waals surface area contributed by atoms with Crippen LogP contribution in [-0.2, 0) is 21.6 Å². The molecule has 2 aliphatic rings. The van der Waals surface area contributed by atoms with E-state index in [1.54, 1.807) is 6.26 Å². The second-order valence-corrected chi connectivity index (χ2v) is 7.45. The smallest absolute Gasteiger partial charge is 0.231 e. The van der Waals surface area contributed by atoms with Crippen LogP contribution in [0.3, 0.4) is 0 Å². The summed E-state index contributed by atoms with van der Waals surface area (Å²) >= 11 is 0. The molecule has 2 heterocycles. The molecule has 1 amide bonds. The standard InChI is InChI=1S/C22H27NO5/c24-21(23-11-5-12-25-15-18-6-4-13-26-18)22(9-2-1-3-10-22)17-7-8-19-20(14-17)28-16-27-19/h4,6-8,13-14H,1-3,5,9-12,15-16H2,(H,23,24). The van der Waals surface area contributed by atoms with Gasteiger partial charge in [0.2, 0.25) is 12.7 Å². The predicted octanol–water partition coefficient (Wildman–Crippen LogP) is 3.93. The van der Waals surface area contributed by atoms with E-state index in [4.69, 9.17) is 18.6 Å². The third-order valence-corrected chi connectivity index (χ3v) is 5.64. The SMILES string of the molecule is O=C(NCCCOCc1ccco1)C1(c2ccc3c(c2)OCO3)CCCCC1. The monoisotopic (exact) mass is 385 g/mol. The van der Waals surface area contributed by atoms with Gasteiger partial charge in [-0.15, -0.1) is 0 Å². The van der Waals surface area contributed by atoms with Gasteiger partial charge in [-0.25, -0.2) is 0 Å². The van der Waals surface area contributed by atoms with E-state index in [0.717, 1.165) is 54.9 Å². The highest BCUT2D eigenvalue weighted by Gasteiger charge is 2.41. The Morgan fingerprint density at radius 1 is 1.11 bits per heavy atom. The highest BCUT2D eigenvalue weighted by atomic mass is 16.7. The molecule has 1 aliphatic heterocycles. The highest BCUT2D eigenvalue weighted by Crippen LogP contribution is 2.43. The predicted molar refractivity (Wildman–Crippen MR) is 103 cm³/mol. The fourth-order valence-corrected chi connectivity index (χ4v) is 4.11. The summed E-state index contributed by atoms with van der Waals surface area (Å²) < 4.78 is 21.8. The third-order valence-electron chi connectivity index (χ3n) is 5.64. The van der Waals surface area contributed by atoms with Crippen molar-refractivity contribution in [3.63, 3.8) is 0 Å². The molecule has 150 valence electrons. The molecule has 1 N–H and O–H groups in total. The largest absolute Gasteiger partial charge is 0.467 e. The van der Waals surface area contributed by atoms with Crippen LogP contribution in [0.5, 0.6) is 11.5 Å². The normalized spacial score (nSPS) is 17.4. The van der Waals surface area contributed by atoms with Crippen LogP contribution in [0, 0.1) is 0 Å². The van der Waals surface area contributed by atoms with Crippen molar-refractivity contribution in [2.24, 2.45) is 0 Å². The number of carbonyl (C=O) groups is 1. The first kappa shape index (κ1) is 18.9. The molecular weight excluding hydrogens is 358 g/mol. The minimum atomic E-state index is -0.478. The van der Waals surface area contributed by atoms with Crippen molar-refractivity contribution in [2.45, 2.75) is 50.5 Å². The van der Waals surface area contributed by atoms with Gasteiger partial charge in [-0.1, -0.05) is 25.3 Å². The Labute approximate surface area is 165 Å². The van der Waals surface area contributed by atoms with Crippen LogP contribution in [0.4, 0.5) is 0 Å². The van der Waals surface area contributed by atoms with Gasteiger partial charge in [0, 0.05) is 13.2 Å². The van der Waals surface area contributed by atoms with Gasteiger partial charge in [-0.2, -0.15) is 0 Å². The molecule has 28 heavy (non-hydrogen) atoms. The molecule has 4 rings (SSSR count). The van der Waals surface area contributed by atoms with Crippen LogP contribution < -0.4 is 14.8 Å². The molecule has 0 bridgehead atoms. The lowest BCUT2D eigenvalue weighted by Gasteiger charge is -2.36. The topological polar surface area (TPSA) is 69.9 Å². The Balaban J connectivity index is 1.33. The lowest BCUT2D eigenvalue weighted by molar-refractivity contribution is -0.128. The maximum Gasteiger partial charge on any atom is 0.231 e. The summed E-state index contributed by atoms with van der Waals surface area (Å²) in [4.78, 5) is 13.2. The molecule has 2 aromatic rings. The molecule has 0 spiro atoms. The van der Waals surface area contributed by atoms with Crippen LogP contribution in [-0.4, -0.2) is 25.9 Å². The highest BCUT2D eigenvalue weighted by molar-refractivity contribution is 5.88. The van der Waals surface area contributed by atoms with Crippen molar-refractivity contribution in [1.82, 2.24) is 5.32 Å². The van der Waals surface area contributed by atoms with E-state index < -0.39 is 5.41 Å². The summed E-state index contributed by atoms with van der Waals surface area (Å²) in [5.41, 5.74) is 0.553. The first-order chi connectivity index (χ1) is 13.8. The molecule has 0 radical (unpaired) electrons. The number of furan rings is 1. The van der Waals surface area contributed by atoms with Crippen molar-refractivity contribution in [1.29, 1.82) is 0 Å². The van der Waals surface area contributed by atoms with Crippen molar-refractivity contribution >= 4 is 5.91 Å². The third kappa shape index (κ3) is 4.02. The molecule has 6 heteroatoms. The summed E-state index contributed by atoms with van der Waals surface area (Å²) in [6, 6.07) is 9.66. The van der Waals surface area contributed by atoms with Crippen LogP contribution in [0.15, 0.2) is 41.0 Å². The number of carbonyl (C=O) groups excluding carboxylic acids is 1. The summed E-state index contributed by atoms with van der Waals surface area (Å²) in [7, 11) is 0. The second kappa shape index (κ2) is 8.69. The van der Waals surface area contributed by atoms with Crippen LogP contribution >= 0.6 is 0 Å². The summed E-state index contributed by atoms with van der Waals surface area (Å²) in [6.07, 6.45) is 7.45. The van der Waals surface area contributed by atoms with Crippen molar-refractivity contribution in [2.75, 3.05) is 19.9 Å². The van der Waals surface area contributed by atoms with E-state index in [1.165, 1.54) is 6.42 Å². The minimum absolute atomic E-state index is 0.108. The van der Waals surface area contributed by atoms with Crippen LogP contribution in [0.2, 0.25) is 0 Å². The fraction of sp³-hybridized carbons (Fsp3) is 0.500. The van der Waals surface area contributed by atoms with E-state index in [2.05, 4.69) is 5.32 Å². The van der Waals surface area contributed by atoms with Gasteiger partial charge in [0.1, 0.15) is 12.4 Å². The Morgan fingerprint density at radius 2 is 1.96 bits per heavy atom. The van der Waals surface area contributed by atoms with E-state index in [-0.39, 0.29) is 12.7 Å². The number of amides is 1. The van der Waals surface area contributed by atoms with Crippen LogP contribution in [0.1, 0.15) is 49.8 Å². The molecule has 1 saturated carbocycles. The van der Waals surface area contributed by atoms with Crippen molar-refractivity contribution < 1.29 is 23.4 Å². The zero-order chi connectivity index (χ0) is 19.2. The van der Waals surface area contributed by atoms with Crippen molar-refractivity contribution in [3.05, 3.63) is 47.9 Å². The van der Waals surface area contributed by atoms with E-state index in [1.807, 2.05) is 30.3 Å². The molecule has 1 aliphatic carbocycles. The van der Waals surface area contributed by atoms with Gasteiger partial charge in [-0.05, 0) is 49.1 Å². The first-order valence-corrected chi connectivity index (χ1v) is 10.1. The number of hydrogen-bond acceptors (Lipinski definition) is 5. The molecule has 6 nitrogen and oxygen atoms in total. The number of benzene rings is 1. The molecule has 0 atom stereocenters. The Morgan fingerprint density at radius 3 is 2.79 bits per heavy atom. The molecule has 1 fully saturated rings. The molecule has 1 aromatic carbocycles. The quantitative estimate of drug-likeness (QED) is 0.697. The first-order valence-electron chi connectivity index (χ1n) is 10.1. The number of ether oxygens (including phenoxy) is 3. The van der Waals surface area contributed by atoms with Gasteiger partial charge in [0.05, 0.1) is 11.7 Å². The molecular formula is C22H27NO5. The summed E-state index contributed by atoms with van der Waals surface area (Å²) in [6.45, 7) is 1.89. The Bertz CT molecular complexity index is 780. The van der Waals surface area contributed by atoms with E-state index in [0.29, 0.717) is 19.8 Å². The molecule has 0 unspecified atom stereocenters. The van der Waals surface area contributed by atoms with Gasteiger partial charge in [0.25, 0.3) is 0 Å². The fourth-order valence-electron chi connectivity index (χ4n) is 4.11. The number of rotatable bonds is 8. The molecule has 0 saturated heterocycles. The average Bonchev–Trinajstić information content (AvgIpc) is 3.42. The number of nitrogens with one attached hydrogen (secondary N) is 1. The maximum absolute atomic E-state index is 13.2. The zero-order valence-electron chi connectivity index (χ0n) is 16.1. The summed E-state index contributed by atoms with van der Waals surface area (Å²) in [5.74, 6) is 2.41. The van der Waals surface area contributed by atoms with Crippen LogP contribution in [0.25, 0.3) is 0 Å². The van der Waals surface area contributed by atoms with Gasteiger partial charge < -0.3 is 23.9 Å². The lowest BCUT2D eigenvalue weighted by atomic mass is 9.68. The average molecular weight is 385 g/mol. The Hall–Kier alpha value is -2.47.